The Morgan fingerprint density at radius 3 is 2.54 bits per heavy atom. The van der Waals surface area contributed by atoms with E-state index in [1.165, 1.54) is 6.07 Å². The molecule has 0 spiro atoms. The zero-order valence-electron chi connectivity index (χ0n) is 13.0. The molecule has 0 aliphatic heterocycles. The van der Waals surface area contributed by atoms with Crippen LogP contribution in [0.2, 0.25) is 10.0 Å². The average molecular weight is 608 g/mol. The summed E-state index contributed by atoms with van der Waals surface area (Å²) in [7, 11) is -3.78. The molecule has 2 heterocycles. The molecular weight excluding hydrogens is 598 g/mol. The topological polar surface area (TPSA) is 72.1 Å². The second kappa shape index (κ2) is 8.09. The molecule has 0 amide bonds. The molecule has 0 fully saturated rings. The second-order valence-electron chi connectivity index (χ2n) is 5.25. The van der Waals surface area contributed by atoms with Gasteiger partial charge in [-0.3, -0.25) is 0 Å². The molecule has 0 aliphatic rings. The molecule has 138 valence electrons. The summed E-state index contributed by atoms with van der Waals surface area (Å²) in [6.07, 6.45) is -0.0328. The summed E-state index contributed by atoms with van der Waals surface area (Å²) in [6, 6.07) is 8.73. The summed E-state index contributed by atoms with van der Waals surface area (Å²) in [5.74, 6) is 0. The van der Waals surface area contributed by atoms with Crippen LogP contribution in [0.3, 0.4) is 0 Å². The quantitative estimate of drug-likeness (QED) is 0.326. The predicted molar refractivity (Wildman–Crippen MR) is 111 cm³/mol. The van der Waals surface area contributed by atoms with Gasteiger partial charge in [0.25, 0.3) is 0 Å². The van der Waals surface area contributed by atoms with Gasteiger partial charge in [0.15, 0.2) is 0 Å². The molecular formula is C15H10Br2Cl2N2O3SSe. The number of hydrogen-bond donors (Lipinski definition) is 1. The van der Waals surface area contributed by atoms with Crippen LogP contribution >= 0.6 is 55.1 Å². The fourth-order valence-corrected chi connectivity index (χ4v) is 6.78. The number of benzene rings is 1. The van der Waals surface area contributed by atoms with Gasteiger partial charge in [0.2, 0.25) is 0 Å². The van der Waals surface area contributed by atoms with Crippen LogP contribution in [0.1, 0.15) is 17.4 Å². The second-order valence-corrected chi connectivity index (χ2v) is 12.8. The maximum absolute atomic E-state index is 11.8. The standard InChI is InChI=1S/C15H10Br2Cl2N2O3SSe/c1-25(22,23)24-15(8-3-2-7(18)6-9(8)19)14-12(17)13(20-21-14)10-4-5-11(16)26-10/h2-6,15H,1H3,(H,20,21). The van der Waals surface area contributed by atoms with Crippen LogP contribution < -0.4 is 0 Å². The Kier molecular flexibility index (Phi) is 6.41. The molecule has 26 heavy (non-hydrogen) atoms. The number of rotatable bonds is 5. The molecule has 2 aromatic heterocycles. The summed E-state index contributed by atoms with van der Waals surface area (Å²) < 4.78 is 31.7. The van der Waals surface area contributed by atoms with Crippen molar-refractivity contribution in [3.05, 3.63) is 59.5 Å². The molecule has 3 rings (SSSR count). The molecule has 0 aliphatic carbocycles. The van der Waals surface area contributed by atoms with Crippen molar-refractivity contribution in [1.29, 1.82) is 0 Å². The molecule has 1 N–H and O–H groups in total. The van der Waals surface area contributed by atoms with Crippen LogP contribution in [0, 0.1) is 0 Å². The molecule has 5 nitrogen and oxygen atoms in total. The van der Waals surface area contributed by atoms with Gasteiger partial charge in [-0.2, -0.15) is 0 Å². The van der Waals surface area contributed by atoms with Crippen LogP contribution in [0.5, 0.6) is 0 Å². The van der Waals surface area contributed by atoms with Gasteiger partial charge in [-0.15, -0.1) is 0 Å². The van der Waals surface area contributed by atoms with Gasteiger partial charge >= 0.3 is 184 Å². The summed E-state index contributed by atoms with van der Waals surface area (Å²) >= 11 is 19.3. The van der Waals surface area contributed by atoms with Crippen LogP contribution in [0.15, 0.2) is 38.2 Å². The molecule has 0 saturated carbocycles. The third-order valence-electron chi connectivity index (χ3n) is 3.32. The van der Waals surface area contributed by atoms with Gasteiger partial charge in [0, 0.05) is 0 Å². The van der Waals surface area contributed by atoms with Crippen molar-refractivity contribution in [1.82, 2.24) is 10.2 Å². The number of aromatic nitrogens is 2. The number of H-pyrrole nitrogens is 1. The van der Waals surface area contributed by atoms with Gasteiger partial charge in [-0.05, 0) is 0 Å². The van der Waals surface area contributed by atoms with E-state index in [0.29, 0.717) is 20.8 Å². The van der Waals surface area contributed by atoms with Gasteiger partial charge in [0.05, 0.1) is 0 Å². The fraction of sp³-hybridized carbons (Fsp3) is 0.133. The molecule has 11 heteroatoms. The Balaban J connectivity index is 2.12. The van der Waals surface area contributed by atoms with E-state index in [1.54, 1.807) is 12.1 Å². The Labute approximate surface area is 183 Å². The van der Waals surface area contributed by atoms with Gasteiger partial charge in [-0.1, -0.05) is 0 Å². The van der Waals surface area contributed by atoms with Crippen LogP contribution in [-0.4, -0.2) is 39.4 Å². The summed E-state index contributed by atoms with van der Waals surface area (Å²) in [4.78, 5) is 0. The molecule has 0 radical (unpaired) electrons. The molecule has 1 aromatic carbocycles. The summed E-state index contributed by atoms with van der Waals surface area (Å²) in [5.41, 5.74) is 1.61. The number of nitrogens with one attached hydrogen (secondary N) is 1. The van der Waals surface area contributed by atoms with Crippen molar-refractivity contribution in [2.75, 3.05) is 6.26 Å². The van der Waals surface area contributed by atoms with E-state index in [4.69, 9.17) is 27.4 Å². The molecule has 1 atom stereocenters. The van der Waals surface area contributed by atoms with E-state index >= 15 is 0 Å². The van der Waals surface area contributed by atoms with Crippen molar-refractivity contribution >= 4 is 79.7 Å². The fourth-order valence-electron chi connectivity index (χ4n) is 2.26. The van der Waals surface area contributed by atoms with Gasteiger partial charge in [-0.25, -0.2) is 0 Å². The molecule has 0 bridgehead atoms. The van der Waals surface area contributed by atoms with Gasteiger partial charge in [0.1, 0.15) is 0 Å². The van der Waals surface area contributed by atoms with E-state index in [1.807, 2.05) is 12.1 Å². The molecule has 3 aromatic rings. The van der Waals surface area contributed by atoms with Crippen LogP contribution in [-0.2, 0) is 14.3 Å². The Morgan fingerprint density at radius 1 is 1.23 bits per heavy atom. The summed E-state index contributed by atoms with van der Waals surface area (Å²) in [5, 5.41) is 7.97. The minimum absolute atomic E-state index is 0.109. The van der Waals surface area contributed by atoms with Gasteiger partial charge < -0.3 is 0 Å². The monoisotopic (exact) mass is 606 g/mol. The van der Waals surface area contributed by atoms with Crippen molar-refractivity contribution in [2.45, 2.75) is 6.10 Å². The Hall–Kier alpha value is -0.121. The minimum atomic E-state index is -3.78. The van der Waals surface area contributed by atoms with Crippen molar-refractivity contribution < 1.29 is 12.6 Å². The number of nitrogens with zero attached hydrogens (tertiary/aromatic N) is 1. The molecule has 0 saturated heterocycles. The average Bonchev–Trinajstić information content (AvgIpc) is 3.10. The van der Waals surface area contributed by atoms with E-state index < -0.39 is 16.2 Å². The third-order valence-corrected chi connectivity index (χ3v) is 8.20. The van der Waals surface area contributed by atoms with E-state index in [2.05, 4.69) is 42.1 Å². The van der Waals surface area contributed by atoms with Crippen LogP contribution in [0.25, 0.3) is 10.1 Å². The number of aromatic amines is 1. The third kappa shape index (κ3) is 4.64. The Morgan fingerprint density at radius 2 is 1.96 bits per heavy atom. The van der Waals surface area contributed by atoms with E-state index in [0.717, 1.165) is 19.7 Å². The predicted octanol–water partition coefficient (Wildman–Crippen LogP) is 5.03. The Bertz CT molecular complexity index is 1070. The zero-order chi connectivity index (χ0) is 19.1. The first-order valence-electron chi connectivity index (χ1n) is 6.98. The van der Waals surface area contributed by atoms with Crippen molar-refractivity contribution in [2.24, 2.45) is 0 Å². The van der Waals surface area contributed by atoms with Crippen molar-refractivity contribution in [3.63, 3.8) is 0 Å². The van der Waals surface area contributed by atoms with E-state index in [9.17, 15) is 8.42 Å². The first-order chi connectivity index (χ1) is 12.2. The molecule has 1 unspecified atom stereocenters. The first kappa shape index (κ1) is 20.6. The number of halogens is 4. The first-order valence-corrected chi connectivity index (χ1v) is 12.9. The number of hydrogen-bond acceptors (Lipinski definition) is 4. The maximum atomic E-state index is 11.8. The zero-order valence-corrected chi connectivity index (χ0v) is 20.2. The van der Waals surface area contributed by atoms with Crippen molar-refractivity contribution in [3.8, 4) is 10.1 Å². The van der Waals surface area contributed by atoms with E-state index in [-0.39, 0.29) is 19.5 Å². The van der Waals surface area contributed by atoms with Crippen LogP contribution in [0.4, 0.5) is 0 Å². The summed E-state index contributed by atoms with van der Waals surface area (Å²) in [6.45, 7) is 0. The normalized spacial score (nSPS) is 13.1. The SMILES string of the molecule is CS(=O)(=O)OC(c1ccc(Cl)cc1Cl)c1n[nH]c(-c2ccc(Br)[se]2)c1Br.